The molecule has 3 aromatic rings. The topological polar surface area (TPSA) is 89.1 Å². The van der Waals surface area contributed by atoms with Crippen LogP contribution < -0.4 is 14.8 Å². The Bertz CT molecular complexity index is 1220. The molecule has 3 heterocycles. The van der Waals surface area contributed by atoms with Crippen LogP contribution in [0.25, 0.3) is 11.0 Å². The molecule has 2 bridgehead atoms. The van der Waals surface area contributed by atoms with Crippen molar-refractivity contribution in [1.29, 1.82) is 0 Å². The minimum atomic E-state index is -2.51. The predicted octanol–water partition coefficient (Wildman–Crippen LogP) is 4.64. The molecule has 1 amide bonds. The lowest BCUT2D eigenvalue weighted by molar-refractivity contribution is 0.00515. The van der Waals surface area contributed by atoms with E-state index in [0.29, 0.717) is 48.6 Å². The lowest BCUT2D eigenvalue weighted by atomic mass is 9.49. The second kappa shape index (κ2) is 8.48. The summed E-state index contributed by atoms with van der Waals surface area (Å²) in [6.07, 6.45) is 3.33. The summed E-state index contributed by atoms with van der Waals surface area (Å²) in [6.45, 7) is 0.914. The molecule has 1 aromatic carbocycles. The number of amides is 1. The second-order valence-corrected chi connectivity index (χ2v) is 9.10. The van der Waals surface area contributed by atoms with Crippen LogP contribution in [0.3, 0.4) is 0 Å². The van der Waals surface area contributed by atoms with E-state index in [0.717, 1.165) is 37.9 Å². The fraction of sp³-hybridized carbons (Fsp3) is 0.458. The van der Waals surface area contributed by atoms with Crippen LogP contribution in [0.5, 0.6) is 11.5 Å². The van der Waals surface area contributed by atoms with Gasteiger partial charge in [0.1, 0.15) is 24.7 Å². The zero-order valence-corrected chi connectivity index (χ0v) is 18.7. The number of nitrogens with zero attached hydrogens (tertiary/aromatic N) is 2. The van der Waals surface area contributed by atoms with Crippen LogP contribution >= 0.6 is 0 Å². The van der Waals surface area contributed by atoms with Gasteiger partial charge in [0.25, 0.3) is 12.3 Å². The Morgan fingerprint density at radius 3 is 2.65 bits per heavy atom. The number of alkyl halides is 3. The van der Waals surface area contributed by atoms with Gasteiger partial charge in [0.15, 0.2) is 11.5 Å². The number of fused-ring (bicyclic) bond motifs is 4. The third kappa shape index (κ3) is 3.74. The van der Waals surface area contributed by atoms with Crippen LogP contribution in [0.2, 0.25) is 0 Å². The van der Waals surface area contributed by atoms with Gasteiger partial charge in [-0.2, -0.15) is 0 Å². The van der Waals surface area contributed by atoms with Crippen molar-refractivity contribution < 1.29 is 27.4 Å². The number of benzene rings is 1. The number of aromatic nitrogens is 3. The molecule has 0 atom stereocenters. The first-order valence-corrected chi connectivity index (χ1v) is 11.2. The largest absolute Gasteiger partial charge is 0.486 e. The average molecular weight is 474 g/mol. The molecule has 7 nitrogen and oxygen atoms in total. The highest BCUT2D eigenvalue weighted by Gasteiger charge is 2.60. The van der Waals surface area contributed by atoms with Crippen LogP contribution in [-0.2, 0) is 5.41 Å². The van der Waals surface area contributed by atoms with E-state index in [1.165, 1.54) is 18.3 Å². The third-order valence-corrected chi connectivity index (χ3v) is 6.97. The first-order valence-electron chi connectivity index (χ1n) is 11.2. The molecule has 3 fully saturated rings. The van der Waals surface area contributed by atoms with Crippen LogP contribution in [-0.4, -0.2) is 46.8 Å². The molecule has 7 rings (SSSR count). The normalized spacial score (nSPS) is 24.7. The lowest BCUT2D eigenvalue weighted by Crippen LogP contribution is -2.66. The molecular weight excluding hydrogens is 449 g/mol. The van der Waals surface area contributed by atoms with Gasteiger partial charge in [-0.3, -0.25) is 9.18 Å². The van der Waals surface area contributed by atoms with E-state index < -0.39 is 6.43 Å². The summed E-state index contributed by atoms with van der Waals surface area (Å²) in [4.78, 5) is 25.2. The van der Waals surface area contributed by atoms with Gasteiger partial charge in [0.05, 0.1) is 24.4 Å². The summed E-state index contributed by atoms with van der Waals surface area (Å²) in [5, 5.41) is 3.20. The number of halogens is 3. The van der Waals surface area contributed by atoms with E-state index in [2.05, 4.69) is 15.3 Å². The average Bonchev–Trinajstić information content (AvgIpc) is 3.29. The molecule has 0 saturated heterocycles. The van der Waals surface area contributed by atoms with Gasteiger partial charge in [-0.15, -0.1) is 0 Å². The molecule has 3 saturated carbocycles. The Morgan fingerprint density at radius 2 is 1.88 bits per heavy atom. The van der Waals surface area contributed by atoms with E-state index in [1.54, 1.807) is 12.1 Å². The zero-order valence-electron chi connectivity index (χ0n) is 18.7. The van der Waals surface area contributed by atoms with Gasteiger partial charge in [-0.05, 0) is 37.8 Å². The summed E-state index contributed by atoms with van der Waals surface area (Å²) in [6, 6.07) is 6.14. The molecular formula is C24H25F3N4O3. The van der Waals surface area contributed by atoms with Crippen molar-refractivity contribution in [1.82, 2.24) is 20.3 Å². The van der Waals surface area contributed by atoms with Gasteiger partial charge < -0.3 is 19.8 Å². The summed E-state index contributed by atoms with van der Waals surface area (Å²) in [7, 11) is 0.500. The van der Waals surface area contributed by atoms with Crippen molar-refractivity contribution in [2.24, 2.45) is 0 Å². The van der Waals surface area contributed by atoms with Crippen molar-refractivity contribution in [2.45, 2.75) is 49.5 Å². The van der Waals surface area contributed by atoms with Gasteiger partial charge in [0, 0.05) is 22.6 Å². The first-order chi connectivity index (χ1) is 16.5. The number of ether oxygens (including phenoxy) is 2. The smallest absolute Gasteiger partial charge is 0.270 e. The van der Waals surface area contributed by atoms with E-state index >= 15 is 0 Å². The lowest BCUT2D eigenvalue weighted by Gasteiger charge is -2.59. The van der Waals surface area contributed by atoms with Crippen molar-refractivity contribution in [2.75, 3.05) is 20.4 Å². The fourth-order valence-electron chi connectivity index (χ4n) is 5.59. The molecule has 10 heteroatoms. The number of aromatic amines is 1. The Kier molecular flexibility index (Phi) is 5.61. The highest BCUT2D eigenvalue weighted by atomic mass is 19.3. The molecule has 1 aliphatic heterocycles. The van der Waals surface area contributed by atoms with Crippen molar-refractivity contribution in [3.63, 3.8) is 0 Å². The van der Waals surface area contributed by atoms with Gasteiger partial charge >= 0.3 is 0 Å². The van der Waals surface area contributed by atoms with Crippen molar-refractivity contribution >= 4 is 16.9 Å². The van der Waals surface area contributed by atoms with E-state index in [1.807, 2.05) is 0 Å². The number of imidazole rings is 1. The maximum atomic E-state index is 13.1. The number of carbonyl (C=O) groups is 1. The Morgan fingerprint density at radius 1 is 1.12 bits per heavy atom. The molecule has 3 aliphatic carbocycles. The van der Waals surface area contributed by atoms with Gasteiger partial charge in [-0.25, -0.2) is 18.7 Å². The number of pyridine rings is 1. The molecule has 2 aromatic heterocycles. The molecule has 0 unspecified atom stereocenters. The second-order valence-electron chi connectivity index (χ2n) is 9.10. The number of hydrogen-bond acceptors (Lipinski definition) is 5. The van der Waals surface area contributed by atoms with Gasteiger partial charge in [-0.1, -0.05) is 12.5 Å². The summed E-state index contributed by atoms with van der Waals surface area (Å²) in [5.41, 5.74) is 1.12. The highest BCUT2D eigenvalue weighted by molar-refractivity contribution is 5.93. The number of hydrogen-bond donors (Lipinski definition) is 2. The monoisotopic (exact) mass is 474 g/mol. The highest BCUT2D eigenvalue weighted by Crippen LogP contribution is 2.58. The first kappa shape index (κ1) is 22.5. The molecule has 2 N–H and O–H groups in total. The van der Waals surface area contributed by atoms with Crippen LogP contribution in [0, 0.1) is 0 Å². The van der Waals surface area contributed by atoms with Crippen molar-refractivity contribution in [3.8, 4) is 11.5 Å². The van der Waals surface area contributed by atoms with E-state index in [-0.39, 0.29) is 22.4 Å². The standard InChI is InChI=1S/C23H22F2N4O3.CH3F/c24-19(25)13-2-3-14-15(8-13)28-21(27-14)22-4-1-5-23(11-22,12-22)29-20(30)16-9-17-18(10-26-16)32-7-6-31-17;1-2/h2-3,8-10,19H,1,4-7,11-12H2,(H,27,28)(H,29,30);1H3. The Hall–Kier alpha value is -3.30. The maximum Gasteiger partial charge on any atom is 0.270 e. The summed E-state index contributed by atoms with van der Waals surface area (Å²) < 4.78 is 46.6. The SMILES string of the molecule is CF.O=C(NC12CCCC(c3nc4ccc(C(F)F)cc4[nH]3)(C1)C2)c1cc2c(cn1)OCCO2. The third-order valence-electron chi connectivity index (χ3n) is 6.97. The minimum absolute atomic E-state index is 0.0176. The predicted molar refractivity (Wildman–Crippen MR) is 118 cm³/mol. The fourth-order valence-corrected chi connectivity index (χ4v) is 5.59. The van der Waals surface area contributed by atoms with Crippen molar-refractivity contribution in [3.05, 3.63) is 47.5 Å². The van der Waals surface area contributed by atoms with E-state index in [9.17, 15) is 18.0 Å². The Balaban J connectivity index is 0.00000117. The molecule has 0 radical (unpaired) electrons. The number of carbonyl (C=O) groups excluding carboxylic acids is 1. The van der Waals surface area contributed by atoms with Crippen LogP contribution in [0.1, 0.15) is 60.4 Å². The quantitative estimate of drug-likeness (QED) is 0.575. The van der Waals surface area contributed by atoms with Crippen LogP contribution in [0.4, 0.5) is 13.2 Å². The Labute approximate surface area is 194 Å². The van der Waals surface area contributed by atoms with E-state index in [4.69, 9.17) is 14.5 Å². The van der Waals surface area contributed by atoms with Gasteiger partial charge in [0.2, 0.25) is 0 Å². The zero-order chi connectivity index (χ0) is 23.9. The molecule has 180 valence electrons. The number of H-pyrrole nitrogens is 1. The summed E-state index contributed by atoms with van der Waals surface area (Å²) in [5.74, 6) is 1.67. The number of nitrogens with one attached hydrogen (secondary N) is 2. The minimum Gasteiger partial charge on any atom is -0.486 e. The molecule has 34 heavy (non-hydrogen) atoms. The summed E-state index contributed by atoms with van der Waals surface area (Å²) >= 11 is 0. The molecule has 0 spiro atoms. The maximum absolute atomic E-state index is 13.1. The number of rotatable bonds is 4. The van der Waals surface area contributed by atoms with Crippen LogP contribution in [0.15, 0.2) is 30.5 Å². The molecule has 4 aliphatic rings.